The van der Waals surface area contributed by atoms with Crippen LogP contribution in [-0.2, 0) is 17.0 Å². The summed E-state index contributed by atoms with van der Waals surface area (Å²) in [7, 11) is 1.39. The maximum atomic E-state index is 11.6. The van der Waals surface area contributed by atoms with Gasteiger partial charge in [-0.15, -0.1) is 0 Å². The number of nitrogens with zero attached hydrogens (tertiary/aromatic N) is 3. The summed E-state index contributed by atoms with van der Waals surface area (Å²) in [5.41, 5.74) is 6.12. The number of methoxy groups -OCH3 is 1. The standard InChI is InChI=1S/C23H21N3O2S/c1-16-4-3-5-18(12-16)14-26-21-13-24-11-10-20(21)25-23(26)29-15-17-6-8-19(9-7-17)22(27)28-2/h3-13H,14-15H2,1-2H3. The van der Waals surface area contributed by atoms with E-state index in [9.17, 15) is 4.79 Å². The molecule has 0 spiro atoms. The molecule has 0 aliphatic heterocycles. The van der Waals surface area contributed by atoms with Crippen LogP contribution in [0.5, 0.6) is 0 Å². The van der Waals surface area contributed by atoms with Crippen LogP contribution in [0.15, 0.2) is 72.1 Å². The molecule has 4 rings (SSSR count). The molecule has 0 atom stereocenters. The lowest BCUT2D eigenvalue weighted by Gasteiger charge is -2.10. The van der Waals surface area contributed by atoms with Crippen LogP contribution in [0.25, 0.3) is 11.0 Å². The highest BCUT2D eigenvalue weighted by atomic mass is 32.2. The summed E-state index contributed by atoms with van der Waals surface area (Å²) in [5.74, 6) is 0.433. The van der Waals surface area contributed by atoms with Gasteiger partial charge in [0.2, 0.25) is 0 Å². The van der Waals surface area contributed by atoms with E-state index in [0.717, 1.165) is 34.1 Å². The smallest absolute Gasteiger partial charge is 0.337 e. The molecule has 0 aliphatic carbocycles. The van der Waals surface area contributed by atoms with E-state index in [-0.39, 0.29) is 5.97 Å². The van der Waals surface area contributed by atoms with Gasteiger partial charge in [-0.2, -0.15) is 0 Å². The molecule has 0 radical (unpaired) electrons. The number of benzene rings is 2. The number of aromatic nitrogens is 3. The van der Waals surface area contributed by atoms with Crippen molar-refractivity contribution >= 4 is 28.8 Å². The number of esters is 1. The molecule has 0 bridgehead atoms. The van der Waals surface area contributed by atoms with Crippen molar-refractivity contribution in [2.45, 2.75) is 24.4 Å². The van der Waals surface area contributed by atoms with Crippen molar-refractivity contribution in [2.75, 3.05) is 7.11 Å². The van der Waals surface area contributed by atoms with E-state index in [1.807, 2.05) is 24.4 Å². The Hall–Kier alpha value is -3.12. The van der Waals surface area contributed by atoms with Gasteiger partial charge >= 0.3 is 5.97 Å². The van der Waals surface area contributed by atoms with Crippen LogP contribution in [0.1, 0.15) is 27.0 Å². The molecule has 2 aromatic carbocycles. The quantitative estimate of drug-likeness (QED) is 0.340. The number of carbonyl (C=O) groups is 1. The van der Waals surface area contributed by atoms with Gasteiger partial charge in [0.1, 0.15) is 0 Å². The highest BCUT2D eigenvalue weighted by molar-refractivity contribution is 7.98. The maximum Gasteiger partial charge on any atom is 0.337 e. The zero-order valence-corrected chi connectivity index (χ0v) is 17.1. The van der Waals surface area contributed by atoms with Crippen LogP contribution in [0, 0.1) is 6.92 Å². The first-order chi connectivity index (χ1) is 14.1. The second kappa shape index (κ2) is 8.49. The highest BCUT2D eigenvalue weighted by Gasteiger charge is 2.13. The van der Waals surface area contributed by atoms with Crippen molar-refractivity contribution in [3.05, 3.63) is 89.2 Å². The molecule has 0 saturated heterocycles. The normalized spacial score (nSPS) is 11.0. The molecule has 4 aromatic rings. The van der Waals surface area contributed by atoms with Gasteiger partial charge in [-0.25, -0.2) is 9.78 Å². The van der Waals surface area contributed by atoms with Crippen LogP contribution in [-0.4, -0.2) is 27.6 Å². The molecule has 2 aromatic heterocycles. The Morgan fingerprint density at radius 1 is 1.10 bits per heavy atom. The van der Waals surface area contributed by atoms with Crippen molar-refractivity contribution in [1.29, 1.82) is 0 Å². The fraction of sp³-hybridized carbons (Fsp3) is 0.174. The second-order valence-electron chi connectivity index (χ2n) is 6.81. The van der Waals surface area contributed by atoms with Gasteiger partial charge in [-0.1, -0.05) is 53.7 Å². The first-order valence-corrected chi connectivity index (χ1v) is 10.3. The molecule has 2 heterocycles. The van der Waals surface area contributed by atoms with E-state index in [1.165, 1.54) is 18.2 Å². The molecule has 146 valence electrons. The minimum absolute atomic E-state index is 0.323. The van der Waals surface area contributed by atoms with Gasteiger partial charge in [0.15, 0.2) is 5.16 Å². The third kappa shape index (κ3) is 4.32. The Morgan fingerprint density at radius 2 is 1.93 bits per heavy atom. The van der Waals surface area contributed by atoms with Crippen LogP contribution < -0.4 is 0 Å². The molecule has 0 amide bonds. The zero-order chi connectivity index (χ0) is 20.2. The Balaban J connectivity index is 1.59. The Kier molecular flexibility index (Phi) is 5.62. The van der Waals surface area contributed by atoms with Crippen LogP contribution >= 0.6 is 11.8 Å². The van der Waals surface area contributed by atoms with Crippen molar-refractivity contribution < 1.29 is 9.53 Å². The maximum absolute atomic E-state index is 11.6. The number of pyridine rings is 1. The number of ether oxygens (including phenoxy) is 1. The molecule has 0 N–H and O–H groups in total. The highest BCUT2D eigenvalue weighted by Crippen LogP contribution is 2.27. The van der Waals surface area contributed by atoms with E-state index in [2.05, 4.69) is 40.7 Å². The fourth-order valence-electron chi connectivity index (χ4n) is 3.21. The van der Waals surface area contributed by atoms with E-state index in [0.29, 0.717) is 5.56 Å². The average molecular weight is 404 g/mol. The minimum Gasteiger partial charge on any atom is -0.465 e. The number of hydrogen-bond donors (Lipinski definition) is 0. The molecule has 0 saturated carbocycles. The third-order valence-corrected chi connectivity index (χ3v) is 5.73. The summed E-state index contributed by atoms with van der Waals surface area (Å²) in [6.45, 7) is 2.85. The van der Waals surface area contributed by atoms with Crippen molar-refractivity contribution in [3.63, 3.8) is 0 Å². The Bertz CT molecular complexity index is 1150. The number of aryl methyl sites for hydroxylation is 1. The summed E-state index contributed by atoms with van der Waals surface area (Å²) in [5, 5.41) is 0.951. The second-order valence-corrected chi connectivity index (χ2v) is 7.75. The number of carbonyl (C=O) groups excluding carboxylic acids is 1. The lowest BCUT2D eigenvalue weighted by Crippen LogP contribution is -2.02. The third-order valence-electron chi connectivity index (χ3n) is 4.68. The molecular weight excluding hydrogens is 382 g/mol. The molecule has 6 heteroatoms. The summed E-state index contributed by atoms with van der Waals surface area (Å²) in [4.78, 5) is 20.7. The first-order valence-electron chi connectivity index (χ1n) is 9.30. The SMILES string of the molecule is COC(=O)c1ccc(CSc2nc3ccncc3n2Cc2cccc(C)c2)cc1. The summed E-state index contributed by atoms with van der Waals surface area (Å²) in [6, 6.07) is 17.9. The average Bonchev–Trinajstić information content (AvgIpc) is 3.09. The summed E-state index contributed by atoms with van der Waals surface area (Å²) in [6.07, 6.45) is 3.64. The predicted molar refractivity (Wildman–Crippen MR) is 115 cm³/mol. The molecular formula is C23H21N3O2S. The lowest BCUT2D eigenvalue weighted by atomic mass is 10.1. The van der Waals surface area contributed by atoms with E-state index >= 15 is 0 Å². The number of rotatable bonds is 6. The largest absolute Gasteiger partial charge is 0.465 e. The predicted octanol–water partition coefficient (Wildman–Crippen LogP) is 4.87. The number of hydrogen-bond acceptors (Lipinski definition) is 5. The topological polar surface area (TPSA) is 57.0 Å². The molecule has 5 nitrogen and oxygen atoms in total. The van der Waals surface area contributed by atoms with Gasteiger partial charge in [0, 0.05) is 11.9 Å². The molecule has 0 unspecified atom stereocenters. The Labute approximate surface area is 173 Å². The molecule has 29 heavy (non-hydrogen) atoms. The summed E-state index contributed by atoms with van der Waals surface area (Å²) < 4.78 is 6.97. The fourth-order valence-corrected chi connectivity index (χ4v) is 4.18. The van der Waals surface area contributed by atoms with E-state index in [4.69, 9.17) is 9.72 Å². The van der Waals surface area contributed by atoms with Gasteiger partial charge < -0.3 is 9.30 Å². The lowest BCUT2D eigenvalue weighted by molar-refractivity contribution is 0.0600. The minimum atomic E-state index is -0.323. The van der Waals surface area contributed by atoms with Crippen molar-refractivity contribution in [2.24, 2.45) is 0 Å². The monoisotopic (exact) mass is 403 g/mol. The van der Waals surface area contributed by atoms with Gasteiger partial charge in [0.05, 0.1) is 36.4 Å². The van der Waals surface area contributed by atoms with E-state index in [1.54, 1.807) is 30.1 Å². The first kappa shape index (κ1) is 19.2. The number of thioether (sulfide) groups is 1. The van der Waals surface area contributed by atoms with Crippen molar-refractivity contribution in [1.82, 2.24) is 14.5 Å². The van der Waals surface area contributed by atoms with Gasteiger partial charge in [-0.05, 0) is 36.2 Å². The zero-order valence-electron chi connectivity index (χ0n) is 16.3. The van der Waals surface area contributed by atoms with Gasteiger partial charge in [-0.3, -0.25) is 4.98 Å². The Morgan fingerprint density at radius 3 is 2.69 bits per heavy atom. The van der Waals surface area contributed by atoms with E-state index < -0.39 is 0 Å². The van der Waals surface area contributed by atoms with Crippen LogP contribution in [0.2, 0.25) is 0 Å². The molecule has 0 aliphatic rings. The van der Waals surface area contributed by atoms with Gasteiger partial charge in [0.25, 0.3) is 0 Å². The number of imidazole rings is 1. The van der Waals surface area contributed by atoms with Crippen LogP contribution in [0.3, 0.4) is 0 Å². The molecule has 0 fully saturated rings. The van der Waals surface area contributed by atoms with Crippen LogP contribution in [0.4, 0.5) is 0 Å². The van der Waals surface area contributed by atoms with Crippen molar-refractivity contribution in [3.8, 4) is 0 Å². The summed E-state index contributed by atoms with van der Waals surface area (Å²) >= 11 is 1.68. The number of fused-ring (bicyclic) bond motifs is 1.